The molecule has 1 aromatic carbocycles. The third-order valence-corrected chi connectivity index (χ3v) is 6.27. The zero-order valence-electron chi connectivity index (χ0n) is 12.6. The number of hydrogen-bond donors (Lipinski definition) is 2. The molecule has 23 heavy (non-hydrogen) atoms. The lowest BCUT2D eigenvalue weighted by Crippen LogP contribution is -2.38. The van der Waals surface area contributed by atoms with Crippen molar-refractivity contribution < 1.29 is 14.7 Å². The topological polar surface area (TPSA) is 69.6 Å². The van der Waals surface area contributed by atoms with E-state index in [9.17, 15) is 14.7 Å². The number of rotatable bonds is 2. The summed E-state index contributed by atoms with van der Waals surface area (Å²) >= 11 is 1.59. The number of nitrogens with one attached hydrogen (secondary N) is 1. The van der Waals surface area contributed by atoms with E-state index in [0.29, 0.717) is 19.5 Å². The number of urea groups is 1. The lowest BCUT2D eigenvalue weighted by Gasteiger charge is -2.23. The second kappa shape index (κ2) is 5.23. The smallest absolute Gasteiger partial charge is 0.321 e. The van der Waals surface area contributed by atoms with Crippen LogP contribution in [0.1, 0.15) is 19.3 Å². The quantitative estimate of drug-likeness (QED) is 0.883. The Morgan fingerprint density at radius 1 is 1.35 bits per heavy atom. The number of benzene rings is 1. The van der Waals surface area contributed by atoms with Crippen molar-refractivity contribution in [1.82, 2.24) is 4.90 Å². The molecule has 2 aliphatic rings. The summed E-state index contributed by atoms with van der Waals surface area (Å²) in [7, 11) is 0. The van der Waals surface area contributed by atoms with Crippen molar-refractivity contribution in [3.8, 4) is 0 Å². The number of fused-ring (bicyclic) bond motifs is 2. The van der Waals surface area contributed by atoms with Crippen molar-refractivity contribution in [2.24, 2.45) is 11.3 Å². The molecule has 1 saturated heterocycles. The summed E-state index contributed by atoms with van der Waals surface area (Å²) in [6.07, 6.45) is 2.53. The number of carboxylic acid groups (broad SMARTS) is 1. The molecule has 0 spiro atoms. The molecule has 4 rings (SSSR count). The highest BCUT2D eigenvalue weighted by atomic mass is 32.1. The Kier molecular flexibility index (Phi) is 3.30. The van der Waals surface area contributed by atoms with Crippen LogP contribution in [0.15, 0.2) is 29.6 Å². The zero-order valence-corrected chi connectivity index (χ0v) is 13.4. The third-order valence-electron chi connectivity index (χ3n) is 5.31. The van der Waals surface area contributed by atoms with Crippen molar-refractivity contribution in [3.63, 3.8) is 0 Å². The largest absolute Gasteiger partial charge is 0.481 e. The van der Waals surface area contributed by atoms with Gasteiger partial charge in [0, 0.05) is 28.6 Å². The molecule has 2 heterocycles. The molecular formula is C17H18N2O3S. The Balaban J connectivity index is 1.53. The van der Waals surface area contributed by atoms with E-state index in [4.69, 9.17) is 0 Å². The van der Waals surface area contributed by atoms with Crippen LogP contribution in [0.2, 0.25) is 0 Å². The molecule has 2 N–H and O–H groups in total. The summed E-state index contributed by atoms with van der Waals surface area (Å²) in [6, 6.07) is 7.74. The molecular weight excluding hydrogens is 312 g/mol. The zero-order chi connectivity index (χ0) is 16.0. The molecule has 0 bridgehead atoms. The Labute approximate surface area is 137 Å². The minimum Gasteiger partial charge on any atom is -0.481 e. The van der Waals surface area contributed by atoms with E-state index in [1.807, 2.05) is 29.6 Å². The minimum absolute atomic E-state index is 0.0879. The molecule has 2 atom stereocenters. The van der Waals surface area contributed by atoms with Crippen LogP contribution in [0, 0.1) is 11.3 Å². The van der Waals surface area contributed by atoms with Gasteiger partial charge in [-0.15, -0.1) is 11.3 Å². The van der Waals surface area contributed by atoms with E-state index >= 15 is 0 Å². The molecule has 2 aromatic rings. The number of carbonyl (C=O) groups is 2. The lowest BCUT2D eigenvalue weighted by molar-refractivity contribution is -0.149. The summed E-state index contributed by atoms with van der Waals surface area (Å²) in [5, 5.41) is 15.5. The maximum atomic E-state index is 12.6. The molecule has 1 aliphatic carbocycles. The second-order valence-corrected chi connectivity index (χ2v) is 7.42. The fourth-order valence-electron chi connectivity index (χ4n) is 4.06. The molecule has 0 unspecified atom stereocenters. The van der Waals surface area contributed by atoms with E-state index in [1.165, 1.54) is 0 Å². The summed E-state index contributed by atoms with van der Waals surface area (Å²) in [5.74, 6) is -0.666. The number of likely N-dealkylation sites (tertiary alicyclic amines) is 1. The van der Waals surface area contributed by atoms with E-state index in [-0.39, 0.29) is 11.9 Å². The summed E-state index contributed by atoms with van der Waals surface area (Å²) in [5.41, 5.74) is 0.0747. The first-order chi connectivity index (χ1) is 11.1. The molecule has 1 aliphatic heterocycles. The average molecular weight is 330 g/mol. The Bertz CT molecular complexity index is 787. The first-order valence-corrected chi connectivity index (χ1v) is 8.74. The minimum atomic E-state index is -0.753. The Morgan fingerprint density at radius 2 is 2.17 bits per heavy atom. The van der Waals surface area contributed by atoms with Gasteiger partial charge in [0.25, 0.3) is 0 Å². The van der Waals surface area contributed by atoms with Gasteiger partial charge in [-0.1, -0.05) is 24.6 Å². The highest BCUT2D eigenvalue weighted by molar-refractivity contribution is 7.17. The Hall–Kier alpha value is -2.08. The van der Waals surface area contributed by atoms with Gasteiger partial charge < -0.3 is 15.3 Å². The average Bonchev–Trinajstić information content (AvgIpc) is 3.19. The SMILES string of the molecule is O=C(Nc1csc2ccccc12)N1C[C@@H]2CCC[C@@]2(C(=O)O)C1. The number of nitrogens with zero attached hydrogens (tertiary/aromatic N) is 1. The van der Waals surface area contributed by atoms with Crippen molar-refractivity contribution >= 4 is 39.1 Å². The van der Waals surface area contributed by atoms with Crippen molar-refractivity contribution in [2.75, 3.05) is 18.4 Å². The number of amides is 2. The first kappa shape index (κ1) is 14.5. The van der Waals surface area contributed by atoms with Crippen LogP contribution in [-0.4, -0.2) is 35.1 Å². The molecule has 6 heteroatoms. The second-order valence-electron chi connectivity index (χ2n) is 6.51. The number of thiophene rings is 1. The van der Waals surface area contributed by atoms with Gasteiger partial charge in [0.2, 0.25) is 0 Å². The molecule has 2 amide bonds. The predicted octanol–water partition coefficient (Wildman–Crippen LogP) is 3.62. The van der Waals surface area contributed by atoms with Crippen molar-refractivity contribution in [2.45, 2.75) is 19.3 Å². The van der Waals surface area contributed by atoms with E-state index in [0.717, 1.165) is 28.6 Å². The van der Waals surface area contributed by atoms with Gasteiger partial charge in [-0.25, -0.2) is 4.79 Å². The molecule has 0 radical (unpaired) electrons. The standard InChI is InChI=1S/C17H18N2O3S/c20-15(21)17-7-3-4-11(17)8-19(10-17)16(22)18-13-9-23-14-6-2-1-5-12(13)14/h1-2,5-6,9,11H,3-4,7-8,10H2,(H,18,22)(H,20,21)/t11-,17+/m0/s1. The van der Waals surface area contributed by atoms with E-state index in [1.54, 1.807) is 16.2 Å². The summed E-state index contributed by atoms with van der Waals surface area (Å²) in [6.45, 7) is 0.862. The van der Waals surface area contributed by atoms with Gasteiger partial charge in [-0.3, -0.25) is 4.79 Å². The maximum Gasteiger partial charge on any atom is 0.321 e. The lowest BCUT2D eigenvalue weighted by atomic mass is 9.81. The van der Waals surface area contributed by atoms with Gasteiger partial charge in [0.1, 0.15) is 0 Å². The van der Waals surface area contributed by atoms with Crippen molar-refractivity contribution in [1.29, 1.82) is 0 Å². The molecule has 5 nitrogen and oxygen atoms in total. The maximum absolute atomic E-state index is 12.6. The fourth-order valence-corrected chi connectivity index (χ4v) is 4.96. The predicted molar refractivity (Wildman–Crippen MR) is 89.8 cm³/mol. The number of hydrogen-bond acceptors (Lipinski definition) is 3. The van der Waals surface area contributed by atoms with Crippen LogP contribution in [0.4, 0.5) is 10.5 Å². The number of carbonyl (C=O) groups excluding carboxylic acids is 1. The van der Waals surface area contributed by atoms with Gasteiger partial charge in [-0.05, 0) is 24.8 Å². The monoisotopic (exact) mass is 330 g/mol. The third kappa shape index (κ3) is 2.20. The van der Waals surface area contributed by atoms with Crippen LogP contribution in [0.3, 0.4) is 0 Å². The van der Waals surface area contributed by atoms with Crippen LogP contribution in [0.5, 0.6) is 0 Å². The highest BCUT2D eigenvalue weighted by Crippen LogP contribution is 2.49. The molecule has 1 saturated carbocycles. The van der Waals surface area contributed by atoms with E-state index in [2.05, 4.69) is 5.32 Å². The normalized spacial score (nSPS) is 26.4. The van der Waals surface area contributed by atoms with Gasteiger partial charge >= 0.3 is 12.0 Å². The summed E-state index contributed by atoms with van der Waals surface area (Å²) in [4.78, 5) is 26.0. The number of anilines is 1. The van der Waals surface area contributed by atoms with Gasteiger partial charge in [0.15, 0.2) is 0 Å². The van der Waals surface area contributed by atoms with Gasteiger partial charge in [-0.2, -0.15) is 0 Å². The highest BCUT2D eigenvalue weighted by Gasteiger charge is 2.55. The molecule has 2 fully saturated rings. The summed E-state index contributed by atoms with van der Waals surface area (Å²) < 4.78 is 1.13. The van der Waals surface area contributed by atoms with Crippen LogP contribution in [-0.2, 0) is 4.79 Å². The van der Waals surface area contributed by atoms with Crippen LogP contribution in [0.25, 0.3) is 10.1 Å². The molecule has 1 aromatic heterocycles. The Morgan fingerprint density at radius 3 is 2.96 bits per heavy atom. The van der Waals surface area contributed by atoms with E-state index < -0.39 is 11.4 Å². The first-order valence-electron chi connectivity index (χ1n) is 7.86. The molecule has 120 valence electrons. The number of aliphatic carboxylic acids is 1. The van der Waals surface area contributed by atoms with Crippen molar-refractivity contribution in [3.05, 3.63) is 29.6 Å². The van der Waals surface area contributed by atoms with Crippen LogP contribution < -0.4 is 5.32 Å². The number of carboxylic acids is 1. The van der Waals surface area contributed by atoms with Gasteiger partial charge in [0.05, 0.1) is 11.1 Å². The fraction of sp³-hybridized carbons (Fsp3) is 0.412. The van der Waals surface area contributed by atoms with Crippen LogP contribution >= 0.6 is 11.3 Å².